The largest absolute Gasteiger partial charge is 0.395 e. The van der Waals surface area contributed by atoms with Crippen molar-refractivity contribution in [3.63, 3.8) is 0 Å². The molecule has 0 spiro atoms. The molecule has 1 aliphatic rings. The Bertz CT molecular complexity index is 497. The predicted molar refractivity (Wildman–Crippen MR) is 85.8 cm³/mol. The van der Waals surface area contributed by atoms with Gasteiger partial charge in [-0.2, -0.15) is 5.10 Å². The fourth-order valence-electron chi connectivity index (χ4n) is 3.22. The molecule has 0 saturated carbocycles. The molecule has 124 valence electrons. The number of anilines is 1. The minimum atomic E-state index is -0.00934. The van der Waals surface area contributed by atoms with Crippen molar-refractivity contribution in [2.45, 2.75) is 39.3 Å². The van der Waals surface area contributed by atoms with Crippen LogP contribution in [0.4, 0.5) is 5.69 Å². The zero-order valence-corrected chi connectivity index (χ0v) is 13.9. The van der Waals surface area contributed by atoms with Crippen molar-refractivity contribution >= 4 is 11.6 Å². The van der Waals surface area contributed by atoms with Crippen LogP contribution < -0.4 is 5.32 Å². The molecule has 1 aliphatic heterocycles. The van der Waals surface area contributed by atoms with E-state index in [-0.39, 0.29) is 12.5 Å². The highest BCUT2D eigenvalue weighted by Crippen LogP contribution is 2.22. The quantitative estimate of drug-likeness (QED) is 0.706. The van der Waals surface area contributed by atoms with Crippen molar-refractivity contribution in [1.82, 2.24) is 20.0 Å². The Kier molecular flexibility index (Phi) is 5.55. The first kappa shape index (κ1) is 16.9. The second kappa shape index (κ2) is 7.21. The highest BCUT2D eigenvalue weighted by Gasteiger charge is 2.34. The molecule has 7 heteroatoms. The first-order chi connectivity index (χ1) is 10.4. The topological polar surface area (TPSA) is 84.5 Å². The summed E-state index contributed by atoms with van der Waals surface area (Å²) < 4.78 is 0. The molecule has 0 aromatic carbocycles. The van der Waals surface area contributed by atoms with Gasteiger partial charge in [0, 0.05) is 25.2 Å². The van der Waals surface area contributed by atoms with E-state index in [0.717, 1.165) is 30.0 Å². The number of nitrogens with zero attached hydrogens (tertiary/aromatic N) is 3. The van der Waals surface area contributed by atoms with Crippen LogP contribution in [0.25, 0.3) is 0 Å². The molecule has 7 nitrogen and oxygen atoms in total. The molecule has 2 heterocycles. The smallest absolute Gasteiger partial charge is 0.238 e. The number of nitrogens with one attached hydrogen (secondary N) is 2. The molecular weight excluding hydrogens is 282 g/mol. The number of hydrogen-bond acceptors (Lipinski definition) is 5. The summed E-state index contributed by atoms with van der Waals surface area (Å²) in [4.78, 5) is 16.6. The fourth-order valence-corrected chi connectivity index (χ4v) is 3.22. The molecule has 0 unspecified atom stereocenters. The molecule has 2 rings (SSSR count). The Balaban J connectivity index is 1.90. The van der Waals surface area contributed by atoms with Gasteiger partial charge in [-0.3, -0.25) is 19.7 Å². The number of H-pyrrole nitrogens is 1. The number of likely N-dealkylation sites (tertiary alicyclic amines) is 1. The van der Waals surface area contributed by atoms with Crippen molar-refractivity contribution in [3.8, 4) is 0 Å². The highest BCUT2D eigenvalue weighted by molar-refractivity contribution is 5.93. The summed E-state index contributed by atoms with van der Waals surface area (Å²) in [7, 11) is 2.03. The molecule has 1 amide bonds. The van der Waals surface area contributed by atoms with E-state index in [1.807, 2.05) is 20.9 Å². The summed E-state index contributed by atoms with van der Waals surface area (Å²) in [5.74, 6) is -0.00934. The summed E-state index contributed by atoms with van der Waals surface area (Å²) in [6, 6.07) is 0.686. The molecule has 1 fully saturated rings. The van der Waals surface area contributed by atoms with E-state index in [2.05, 4.69) is 32.2 Å². The first-order valence-corrected chi connectivity index (χ1v) is 7.80. The summed E-state index contributed by atoms with van der Waals surface area (Å²) in [6.07, 6.45) is 1.02. The van der Waals surface area contributed by atoms with Gasteiger partial charge < -0.3 is 10.4 Å². The van der Waals surface area contributed by atoms with Crippen molar-refractivity contribution in [2.75, 3.05) is 38.6 Å². The standard InChI is InChI=1S/C15H27N5O2/c1-10-15(11(2)18-17-10)16-14(22)9-20-6-5-13(12(20)3)19(4)7-8-21/h12-13,21H,5-9H2,1-4H3,(H,16,22)(H,17,18)/t12-,13-/m1/s1. The Labute approximate surface area is 131 Å². The Morgan fingerprint density at radius 3 is 2.86 bits per heavy atom. The third-order valence-electron chi connectivity index (χ3n) is 4.60. The molecule has 0 bridgehead atoms. The van der Waals surface area contributed by atoms with Gasteiger partial charge in [0.25, 0.3) is 0 Å². The van der Waals surface area contributed by atoms with Crippen molar-refractivity contribution in [3.05, 3.63) is 11.4 Å². The summed E-state index contributed by atoms with van der Waals surface area (Å²) in [5, 5.41) is 19.0. The average Bonchev–Trinajstić information content (AvgIpc) is 2.97. The van der Waals surface area contributed by atoms with Gasteiger partial charge in [0.1, 0.15) is 0 Å². The monoisotopic (exact) mass is 309 g/mol. The van der Waals surface area contributed by atoms with E-state index < -0.39 is 0 Å². The van der Waals surface area contributed by atoms with Crippen LogP contribution in [0.5, 0.6) is 0 Å². The summed E-state index contributed by atoms with van der Waals surface area (Å²) in [6.45, 7) is 8.04. The van der Waals surface area contributed by atoms with Gasteiger partial charge in [-0.05, 0) is 34.2 Å². The van der Waals surface area contributed by atoms with Crippen LogP contribution in [0.2, 0.25) is 0 Å². The number of aliphatic hydroxyl groups excluding tert-OH is 1. The average molecular weight is 309 g/mol. The van der Waals surface area contributed by atoms with E-state index in [0.29, 0.717) is 25.2 Å². The van der Waals surface area contributed by atoms with Crippen molar-refractivity contribution in [2.24, 2.45) is 0 Å². The van der Waals surface area contributed by atoms with Gasteiger partial charge in [-0.1, -0.05) is 0 Å². The molecule has 22 heavy (non-hydrogen) atoms. The van der Waals surface area contributed by atoms with E-state index >= 15 is 0 Å². The predicted octanol–water partition coefficient (Wildman–Crippen LogP) is 0.352. The maximum Gasteiger partial charge on any atom is 0.238 e. The van der Waals surface area contributed by atoms with Crippen molar-refractivity contribution < 1.29 is 9.90 Å². The molecular formula is C15H27N5O2. The molecule has 1 saturated heterocycles. The molecule has 3 N–H and O–H groups in total. The Morgan fingerprint density at radius 2 is 2.27 bits per heavy atom. The van der Waals surface area contributed by atoms with Crippen LogP contribution >= 0.6 is 0 Å². The maximum atomic E-state index is 12.3. The lowest BCUT2D eigenvalue weighted by Crippen LogP contribution is -2.44. The van der Waals surface area contributed by atoms with Gasteiger partial charge in [0.05, 0.1) is 30.2 Å². The van der Waals surface area contributed by atoms with E-state index in [1.165, 1.54) is 0 Å². The van der Waals surface area contributed by atoms with E-state index in [4.69, 9.17) is 5.11 Å². The Morgan fingerprint density at radius 1 is 1.55 bits per heavy atom. The van der Waals surface area contributed by atoms with Crippen LogP contribution in [0.15, 0.2) is 0 Å². The number of amides is 1. The molecule has 2 atom stereocenters. The Hall–Kier alpha value is -1.44. The van der Waals surface area contributed by atoms with E-state index in [9.17, 15) is 4.79 Å². The SMILES string of the molecule is Cc1n[nH]c(C)c1NC(=O)CN1CC[C@@H](N(C)CCO)[C@H]1C. The van der Waals surface area contributed by atoms with Crippen LogP contribution in [0.1, 0.15) is 24.7 Å². The number of carbonyl (C=O) groups excluding carboxylic acids is 1. The lowest BCUT2D eigenvalue weighted by molar-refractivity contribution is -0.117. The number of aromatic amines is 1. The number of hydrogen-bond donors (Lipinski definition) is 3. The number of carbonyl (C=O) groups is 1. The number of likely N-dealkylation sites (N-methyl/N-ethyl adjacent to an activating group) is 1. The van der Waals surface area contributed by atoms with Crippen LogP contribution in [0.3, 0.4) is 0 Å². The van der Waals surface area contributed by atoms with Gasteiger partial charge in [-0.25, -0.2) is 0 Å². The first-order valence-electron chi connectivity index (χ1n) is 7.80. The molecule has 1 aromatic heterocycles. The van der Waals surface area contributed by atoms with Crippen LogP contribution in [0, 0.1) is 13.8 Å². The third kappa shape index (κ3) is 3.66. The van der Waals surface area contributed by atoms with Crippen LogP contribution in [-0.4, -0.2) is 76.4 Å². The van der Waals surface area contributed by atoms with Gasteiger partial charge in [0.2, 0.25) is 5.91 Å². The van der Waals surface area contributed by atoms with Gasteiger partial charge in [0.15, 0.2) is 0 Å². The number of aromatic nitrogens is 2. The second-order valence-corrected chi connectivity index (χ2v) is 6.13. The minimum Gasteiger partial charge on any atom is -0.395 e. The third-order valence-corrected chi connectivity index (χ3v) is 4.60. The molecule has 1 aromatic rings. The highest BCUT2D eigenvalue weighted by atomic mass is 16.3. The number of aliphatic hydroxyl groups is 1. The van der Waals surface area contributed by atoms with Crippen LogP contribution in [-0.2, 0) is 4.79 Å². The lowest BCUT2D eigenvalue weighted by Gasteiger charge is -2.30. The minimum absolute atomic E-state index is 0.00934. The maximum absolute atomic E-state index is 12.3. The zero-order chi connectivity index (χ0) is 16.3. The normalized spacial score (nSPS) is 22.5. The summed E-state index contributed by atoms with van der Waals surface area (Å²) in [5.41, 5.74) is 2.47. The fraction of sp³-hybridized carbons (Fsp3) is 0.733. The second-order valence-electron chi connectivity index (χ2n) is 6.13. The molecule has 0 radical (unpaired) electrons. The number of rotatable bonds is 6. The van der Waals surface area contributed by atoms with Crippen molar-refractivity contribution in [1.29, 1.82) is 0 Å². The lowest BCUT2D eigenvalue weighted by atomic mass is 10.1. The molecule has 0 aliphatic carbocycles. The zero-order valence-electron chi connectivity index (χ0n) is 13.9. The van der Waals surface area contributed by atoms with E-state index in [1.54, 1.807) is 0 Å². The number of aryl methyl sites for hydroxylation is 2. The summed E-state index contributed by atoms with van der Waals surface area (Å²) >= 11 is 0. The van der Waals surface area contributed by atoms with Gasteiger partial charge >= 0.3 is 0 Å². The van der Waals surface area contributed by atoms with Gasteiger partial charge in [-0.15, -0.1) is 0 Å².